The molecule has 30 heavy (non-hydrogen) atoms. The van der Waals surface area contributed by atoms with Crippen LogP contribution >= 0.6 is 11.3 Å². The third kappa shape index (κ3) is 4.34. The lowest BCUT2D eigenvalue weighted by atomic mass is 10.1. The van der Waals surface area contributed by atoms with Gasteiger partial charge < -0.3 is 19.4 Å². The first-order chi connectivity index (χ1) is 14.6. The number of nitrogens with zero attached hydrogens (tertiary/aromatic N) is 1. The Bertz CT molecular complexity index is 1150. The summed E-state index contributed by atoms with van der Waals surface area (Å²) >= 11 is 1.33. The van der Waals surface area contributed by atoms with Gasteiger partial charge in [-0.05, 0) is 48.5 Å². The number of aromatic nitrogens is 1. The molecule has 5 nitrogen and oxygen atoms in total. The van der Waals surface area contributed by atoms with E-state index in [2.05, 4.69) is 0 Å². The fourth-order valence-corrected chi connectivity index (χ4v) is 4.17. The Morgan fingerprint density at radius 1 is 0.933 bits per heavy atom. The topological polar surface area (TPSA) is 71.5 Å². The van der Waals surface area contributed by atoms with E-state index in [-0.39, 0.29) is 6.42 Å². The maximum absolute atomic E-state index is 11.3. The van der Waals surface area contributed by atoms with Crippen molar-refractivity contribution < 1.29 is 19.4 Å². The first-order valence-electron chi connectivity index (χ1n) is 9.30. The second-order valence-corrected chi connectivity index (χ2v) is 7.56. The molecule has 0 radical (unpaired) electrons. The molecule has 150 valence electrons. The fourth-order valence-electron chi connectivity index (χ4n) is 3.07. The van der Waals surface area contributed by atoms with Gasteiger partial charge in [0.25, 0.3) is 0 Å². The summed E-state index contributed by atoms with van der Waals surface area (Å²) in [5.74, 6) is 0.974. The van der Waals surface area contributed by atoms with E-state index < -0.39 is 5.97 Å². The van der Waals surface area contributed by atoms with E-state index in [1.807, 2.05) is 78.9 Å². The molecule has 4 rings (SSSR count). The molecule has 0 N–H and O–H groups in total. The van der Waals surface area contributed by atoms with Crippen LogP contribution in [0.2, 0.25) is 0 Å². The number of para-hydroxylation sites is 2. The van der Waals surface area contributed by atoms with Gasteiger partial charge in [-0.1, -0.05) is 30.3 Å². The van der Waals surface area contributed by atoms with Gasteiger partial charge in [0.05, 0.1) is 18.4 Å². The van der Waals surface area contributed by atoms with Crippen molar-refractivity contribution in [3.63, 3.8) is 0 Å². The molecule has 0 aliphatic heterocycles. The number of carbonyl (C=O) groups excluding carboxylic acids is 1. The molecule has 0 spiro atoms. The van der Waals surface area contributed by atoms with Gasteiger partial charge in [0.15, 0.2) is 0 Å². The number of carboxylic acid groups (broad SMARTS) is 1. The van der Waals surface area contributed by atoms with Crippen molar-refractivity contribution in [2.75, 3.05) is 7.11 Å². The monoisotopic (exact) mass is 416 g/mol. The fraction of sp³-hybridized carbons (Fsp3) is 0.0833. The lowest BCUT2D eigenvalue weighted by molar-refractivity contribution is -0.304. The van der Waals surface area contributed by atoms with Crippen LogP contribution in [0.3, 0.4) is 0 Å². The second-order valence-electron chi connectivity index (χ2n) is 6.48. The molecule has 0 amide bonds. The molecule has 0 unspecified atom stereocenters. The predicted octanol–water partition coefficient (Wildman–Crippen LogP) is 4.57. The molecular weight excluding hydrogens is 398 g/mol. The van der Waals surface area contributed by atoms with Gasteiger partial charge in [0, 0.05) is 22.8 Å². The minimum absolute atomic E-state index is 0.204. The molecule has 0 fully saturated rings. The third-order valence-corrected chi connectivity index (χ3v) is 5.53. The number of ether oxygens (including phenoxy) is 2. The first kappa shape index (κ1) is 19.7. The molecule has 0 aliphatic rings. The van der Waals surface area contributed by atoms with Crippen LogP contribution in [-0.2, 0) is 11.2 Å². The summed E-state index contributed by atoms with van der Waals surface area (Å²) in [4.78, 5) is 16.7. The van der Waals surface area contributed by atoms with Crippen LogP contribution in [0.25, 0.3) is 21.8 Å². The summed E-state index contributed by atoms with van der Waals surface area (Å²) < 4.78 is 11.3. The normalized spacial score (nSPS) is 10.6. The van der Waals surface area contributed by atoms with Crippen LogP contribution in [0.5, 0.6) is 17.2 Å². The average molecular weight is 416 g/mol. The van der Waals surface area contributed by atoms with Gasteiger partial charge in [-0.25, -0.2) is 4.98 Å². The van der Waals surface area contributed by atoms with Gasteiger partial charge in [-0.2, -0.15) is 0 Å². The molecule has 0 bridgehead atoms. The highest BCUT2D eigenvalue weighted by atomic mass is 32.1. The highest BCUT2D eigenvalue weighted by molar-refractivity contribution is 7.15. The van der Waals surface area contributed by atoms with Crippen LogP contribution in [0, 0.1) is 0 Å². The van der Waals surface area contributed by atoms with Crippen molar-refractivity contribution in [1.82, 2.24) is 4.98 Å². The summed E-state index contributed by atoms with van der Waals surface area (Å²) in [6.45, 7) is 0. The maximum Gasteiger partial charge on any atom is 0.129 e. The van der Waals surface area contributed by atoms with Crippen molar-refractivity contribution in [3.8, 4) is 39.1 Å². The molecule has 1 aromatic heterocycles. The Morgan fingerprint density at radius 2 is 1.60 bits per heavy atom. The zero-order valence-electron chi connectivity index (χ0n) is 16.2. The van der Waals surface area contributed by atoms with Crippen LogP contribution in [0.4, 0.5) is 0 Å². The summed E-state index contributed by atoms with van der Waals surface area (Å²) in [6, 6.07) is 24.5. The molecule has 1 heterocycles. The molecule has 0 aliphatic carbocycles. The van der Waals surface area contributed by atoms with Gasteiger partial charge >= 0.3 is 0 Å². The number of carboxylic acids is 1. The third-order valence-electron chi connectivity index (χ3n) is 4.45. The molecule has 3 aromatic carbocycles. The summed E-state index contributed by atoms with van der Waals surface area (Å²) in [5.41, 5.74) is 2.25. The van der Waals surface area contributed by atoms with E-state index >= 15 is 0 Å². The number of rotatable bonds is 7. The van der Waals surface area contributed by atoms with Gasteiger partial charge in [0.1, 0.15) is 22.3 Å². The van der Waals surface area contributed by atoms with Gasteiger partial charge in [0.2, 0.25) is 0 Å². The lowest BCUT2D eigenvalue weighted by Crippen LogP contribution is -2.24. The van der Waals surface area contributed by atoms with E-state index in [1.54, 1.807) is 7.11 Å². The summed E-state index contributed by atoms with van der Waals surface area (Å²) in [5, 5.41) is 12.0. The van der Waals surface area contributed by atoms with E-state index in [1.165, 1.54) is 11.3 Å². The molecule has 0 saturated heterocycles. The SMILES string of the molecule is COc1ccccc1-c1nc(-c2ccc(Oc3ccccc3)cc2)c(CC(=O)[O-])s1. The summed E-state index contributed by atoms with van der Waals surface area (Å²) in [6.07, 6.45) is -0.204. The second kappa shape index (κ2) is 8.80. The Labute approximate surface area is 178 Å². The highest BCUT2D eigenvalue weighted by Gasteiger charge is 2.17. The Hall–Kier alpha value is -3.64. The van der Waals surface area contributed by atoms with Crippen molar-refractivity contribution in [2.24, 2.45) is 0 Å². The van der Waals surface area contributed by atoms with Crippen molar-refractivity contribution in [1.29, 1.82) is 0 Å². The van der Waals surface area contributed by atoms with Crippen molar-refractivity contribution in [2.45, 2.75) is 6.42 Å². The number of carbonyl (C=O) groups is 1. The van der Waals surface area contributed by atoms with Gasteiger partial charge in [-0.15, -0.1) is 11.3 Å². The van der Waals surface area contributed by atoms with Gasteiger partial charge in [-0.3, -0.25) is 0 Å². The molecule has 0 atom stereocenters. The quantitative estimate of drug-likeness (QED) is 0.441. The van der Waals surface area contributed by atoms with E-state index in [0.717, 1.165) is 16.9 Å². The minimum Gasteiger partial charge on any atom is -0.550 e. The van der Waals surface area contributed by atoms with E-state index in [0.29, 0.717) is 27.1 Å². The van der Waals surface area contributed by atoms with Crippen LogP contribution in [-0.4, -0.2) is 18.1 Å². The lowest BCUT2D eigenvalue weighted by Gasteiger charge is -2.07. The van der Waals surface area contributed by atoms with E-state index in [4.69, 9.17) is 14.5 Å². The first-order valence-corrected chi connectivity index (χ1v) is 10.1. The number of thiazole rings is 1. The van der Waals surface area contributed by atoms with Crippen LogP contribution < -0.4 is 14.6 Å². The van der Waals surface area contributed by atoms with Crippen molar-refractivity contribution >= 4 is 17.3 Å². The number of methoxy groups -OCH3 is 1. The highest BCUT2D eigenvalue weighted by Crippen LogP contribution is 2.38. The van der Waals surface area contributed by atoms with E-state index in [9.17, 15) is 9.90 Å². The minimum atomic E-state index is -1.14. The zero-order chi connectivity index (χ0) is 20.9. The largest absolute Gasteiger partial charge is 0.550 e. The van der Waals surface area contributed by atoms with Crippen molar-refractivity contribution in [3.05, 3.63) is 83.7 Å². The molecule has 0 saturated carbocycles. The summed E-state index contributed by atoms with van der Waals surface area (Å²) in [7, 11) is 1.60. The molecule has 6 heteroatoms. The smallest absolute Gasteiger partial charge is 0.129 e. The Morgan fingerprint density at radius 3 is 2.30 bits per heavy atom. The Kier molecular flexibility index (Phi) is 5.77. The van der Waals surface area contributed by atoms with Crippen LogP contribution in [0.15, 0.2) is 78.9 Å². The zero-order valence-corrected chi connectivity index (χ0v) is 17.0. The number of aliphatic carboxylic acids is 1. The molecule has 4 aromatic rings. The molecular formula is C24H18NO4S-. The number of benzene rings is 3. The Balaban J connectivity index is 1.68. The number of hydrogen-bond acceptors (Lipinski definition) is 6. The predicted molar refractivity (Wildman–Crippen MR) is 115 cm³/mol. The number of hydrogen-bond donors (Lipinski definition) is 0. The standard InChI is InChI=1S/C24H19NO4S/c1-28-20-10-6-5-9-19(20)24-25-23(21(30-24)15-22(26)27)16-11-13-18(14-12-16)29-17-7-3-2-4-8-17/h2-14H,15H2,1H3,(H,26,27)/p-1. The maximum atomic E-state index is 11.3. The average Bonchev–Trinajstić information content (AvgIpc) is 3.18. The van der Waals surface area contributed by atoms with Crippen LogP contribution in [0.1, 0.15) is 4.88 Å².